The fourth-order valence-electron chi connectivity index (χ4n) is 1.52. The van der Waals surface area contributed by atoms with Crippen LogP contribution < -0.4 is 4.74 Å². The van der Waals surface area contributed by atoms with Gasteiger partial charge in [0.1, 0.15) is 5.75 Å². The Kier molecular flexibility index (Phi) is 5.15. The molecule has 1 aromatic carbocycles. The van der Waals surface area contributed by atoms with Gasteiger partial charge >= 0.3 is 0 Å². The van der Waals surface area contributed by atoms with Crippen LogP contribution in [0.25, 0.3) is 0 Å². The Hall–Kier alpha value is -1.06. The molecule has 84 valence electrons. The molecular weight excluding hydrogens is 192 g/mol. The summed E-state index contributed by atoms with van der Waals surface area (Å²) >= 11 is 0. The van der Waals surface area contributed by atoms with E-state index in [2.05, 4.69) is 0 Å². The average molecular weight is 210 g/mol. The van der Waals surface area contributed by atoms with Crippen molar-refractivity contribution in [2.24, 2.45) is 0 Å². The minimum absolute atomic E-state index is 0.283. The van der Waals surface area contributed by atoms with Crippen LogP contribution in [0.15, 0.2) is 24.3 Å². The molecule has 0 atom stereocenters. The number of hydrogen-bond acceptors (Lipinski definition) is 3. The van der Waals surface area contributed by atoms with Crippen molar-refractivity contribution in [3.05, 3.63) is 29.8 Å². The van der Waals surface area contributed by atoms with E-state index >= 15 is 0 Å². The summed E-state index contributed by atoms with van der Waals surface area (Å²) in [5.74, 6) is 1.15. The zero-order valence-corrected chi connectivity index (χ0v) is 9.53. The summed E-state index contributed by atoms with van der Waals surface area (Å²) in [4.78, 5) is 0. The maximum atomic E-state index is 5.16. The van der Waals surface area contributed by atoms with E-state index in [0.717, 1.165) is 5.75 Å². The van der Waals surface area contributed by atoms with Crippen LogP contribution in [0.4, 0.5) is 0 Å². The van der Waals surface area contributed by atoms with Crippen molar-refractivity contribution in [1.82, 2.24) is 0 Å². The van der Waals surface area contributed by atoms with Crippen LogP contribution >= 0.6 is 0 Å². The number of benzene rings is 1. The van der Waals surface area contributed by atoms with Crippen LogP contribution in [0, 0.1) is 0 Å². The van der Waals surface area contributed by atoms with Crippen LogP contribution in [0.1, 0.15) is 11.5 Å². The molecule has 0 radical (unpaired) electrons. The first-order chi connectivity index (χ1) is 7.31. The van der Waals surface area contributed by atoms with E-state index in [1.165, 1.54) is 5.56 Å². The lowest BCUT2D eigenvalue weighted by atomic mass is 10.0. The molecule has 0 saturated heterocycles. The predicted octanol–water partition coefficient (Wildman–Crippen LogP) is 2.07. The fraction of sp³-hybridized carbons (Fsp3) is 0.500. The van der Waals surface area contributed by atoms with Crippen molar-refractivity contribution >= 4 is 0 Å². The second-order valence-corrected chi connectivity index (χ2v) is 3.38. The third-order valence-corrected chi connectivity index (χ3v) is 2.32. The second kappa shape index (κ2) is 6.43. The normalized spacial score (nSPS) is 10.7. The Morgan fingerprint density at radius 3 is 1.87 bits per heavy atom. The summed E-state index contributed by atoms with van der Waals surface area (Å²) in [7, 11) is 5.06. The molecule has 0 heterocycles. The van der Waals surface area contributed by atoms with Crippen LogP contribution in [0.2, 0.25) is 0 Å². The van der Waals surface area contributed by atoms with Crippen molar-refractivity contribution in [2.45, 2.75) is 5.92 Å². The molecule has 3 nitrogen and oxygen atoms in total. The first-order valence-corrected chi connectivity index (χ1v) is 4.93. The van der Waals surface area contributed by atoms with Crippen molar-refractivity contribution in [1.29, 1.82) is 0 Å². The highest BCUT2D eigenvalue weighted by atomic mass is 16.5. The lowest BCUT2D eigenvalue weighted by molar-refractivity contribution is 0.117. The van der Waals surface area contributed by atoms with Crippen molar-refractivity contribution in [3.8, 4) is 5.75 Å². The standard InChI is InChI=1S/C12H18O3/c1-13-8-11(9-14-2)10-4-6-12(15-3)7-5-10/h4-7,11H,8-9H2,1-3H3. The van der Waals surface area contributed by atoms with Gasteiger partial charge in [-0.1, -0.05) is 12.1 Å². The minimum atomic E-state index is 0.283. The van der Waals surface area contributed by atoms with Crippen molar-refractivity contribution in [2.75, 3.05) is 34.5 Å². The molecule has 0 aliphatic heterocycles. The summed E-state index contributed by atoms with van der Waals surface area (Å²) in [6.07, 6.45) is 0. The Bertz CT molecular complexity index is 263. The molecule has 0 saturated carbocycles. The van der Waals surface area contributed by atoms with Crippen molar-refractivity contribution in [3.63, 3.8) is 0 Å². The van der Waals surface area contributed by atoms with Crippen LogP contribution in [0.3, 0.4) is 0 Å². The third kappa shape index (κ3) is 3.53. The smallest absolute Gasteiger partial charge is 0.118 e. The topological polar surface area (TPSA) is 27.7 Å². The maximum Gasteiger partial charge on any atom is 0.118 e. The van der Waals surface area contributed by atoms with Gasteiger partial charge in [0.2, 0.25) is 0 Å². The molecule has 3 heteroatoms. The van der Waals surface area contributed by atoms with Gasteiger partial charge in [-0.3, -0.25) is 0 Å². The van der Waals surface area contributed by atoms with Gasteiger partial charge in [0.25, 0.3) is 0 Å². The Balaban J connectivity index is 2.72. The molecule has 0 fully saturated rings. The lowest BCUT2D eigenvalue weighted by Gasteiger charge is -2.15. The highest BCUT2D eigenvalue weighted by molar-refractivity contribution is 5.29. The fourth-order valence-corrected chi connectivity index (χ4v) is 1.52. The SMILES string of the molecule is COCC(COC)c1ccc(OC)cc1. The predicted molar refractivity (Wildman–Crippen MR) is 59.5 cm³/mol. The van der Waals surface area contributed by atoms with Crippen LogP contribution in [-0.2, 0) is 9.47 Å². The molecule has 0 unspecified atom stereocenters. The monoisotopic (exact) mass is 210 g/mol. The zero-order valence-electron chi connectivity index (χ0n) is 9.53. The molecule has 1 aromatic rings. The van der Waals surface area contributed by atoms with Gasteiger partial charge < -0.3 is 14.2 Å². The molecule has 0 spiro atoms. The largest absolute Gasteiger partial charge is 0.497 e. The third-order valence-electron chi connectivity index (χ3n) is 2.32. The van der Waals surface area contributed by atoms with Gasteiger partial charge in [-0.05, 0) is 17.7 Å². The van der Waals surface area contributed by atoms with Gasteiger partial charge in [-0.25, -0.2) is 0 Å². The molecular formula is C12H18O3. The molecule has 0 aliphatic rings. The minimum Gasteiger partial charge on any atom is -0.497 e. The second-order valence-electron chi connectivity index (χ2n) is 3.38. The van der Waals surface area contributed by atoms with Crippen molar-refractivity contribution < 1.29 is 14.2 Å². The average Bonchev–Trinajstić information content (AvgIpc) is 2.29. The van der Waals surface area contributed by atoms with E-state index < -0.39 is 0 Å². The summed E-state index contributed by atoms with van der Waals surface area (Å²) in [6, 6.07) is 7.99. The molecule has 0 bridgehead atoms. The number of methoxy groups -OCH3 is 3. The summed E-state index contributed by atoms with van der Waals surface area (Å²) in [5.41, 5.74) is 1.21. The molecule has 0 amide bonds. The van der Waals surface area contributed by atoms with E-state index in [9.17, 15) is 0 Å². The number of rotatable bonds is 6. The van der Waals surface area contributed by atoms with E-state index in [-0.39, 0.29) is 5.92 Å². The van der Waals surface area contributed by atoms with E-state index in [1.54, 1.807) is 21.3 Å². The van der Waals surface area contributed by atoms with Gasteiger partial charge in [-0.15, -0.1) is 0 Å². The zero-order chi connectivity index (χ0) is 11.1. The van der Waals surface area contributed by atoms with Gasteiger partial charge in [0.05, 0.1) is 20.3 Å². The Morgan fingerprint density at radius 1 is 0.933 bits per heavy atom. The number of hydrogen-bond donors (Lipinski definition) is 0. The van der Waals surface area contributed by atoms with Crippen LogP contribution in [0.5, 0.6) is 5.75 Å². The molecule has 1 rings (SSSR count). The highest BCUT2D eigenvalue weighted by Crippen LogP contribution is 2.19. The summed E-state index contributed by atoms with van der Waals surface area (Å²) < 4.78 is 15.4. The summed E-state index contributed by atoms with van der Waals surface area (Å²) in [5, 5.41) is 0. The maximum absolute atomic E-state index is 5.16. The van der Waals surface area contributed by atoms with E-state index in [0.29, 0.717) is 13.2 Å². The molecule has 0 aliphatic carbocycles. The van der Waals surface area contributed by atoms with Gasteiger partial charge in [0, 0.05) is 20.1 Å². The molecule has 0 N–H and O–H groups in total. The molecule has 15 heavy (non-hydrogen) atoms. The number of ether oxygens (including phenoxy) is 3. The molecule has 0 aromatic heterocycles. The summed E-state index contributed by atoms with van der Waals surface area (Å²) in [6.45, 7) is 1.33. The Labute approximate surface area is 91.0 Å². The first kappa shape index (κ1) is 12.0. The van der Waals surface area contributed by atoms with Crippen LogP contribution in [-0.4, -0.2) is 34.5 Å². The Morgan fingerprint density at radius 2 is 1.47 bits per heavy atom. The van der Waals surface area contributed by atoms with Gasteiger partial charge in [0.15, 0.2) is 0 Å². The van der Waals surface area contributed by atoms with Gasteiger partial charge in [-0.2, -0.15) is 0 Å². The van der Waals surface area contributed by atoms with E-state index in [4.69, 9.17) is 14.2 Å². The highest BCUT2D eigenvalue weighted by Gasteiger charge is 2.10. The quantitative estimate of drug-likeness (QED) is 0.719. The van der Waals surface area contributed by atoms with E-state index in [1.807, 2.05) is 24.3 Å². The first-order valence-electron chi connectivity index (χ1n) is 4.93. The lowest BCUT2D eigenvalue weighted by Crippen LogP contribution is -2.12.